The summed E-state index contributed by atoms with van der Waals surface area (Å²) in [6.07, 6.45) is 5.39. The highest BCUT2D eigenvalue weighted by atomic mass is 19.1. The summed E-state index contributed by atoms with van der Waals surface area (Å²) in [5.74, 6) is -1.50. The van der Waals surface area contributed by atoms with E-state index in [4.69, 9.17) is 4.42 Å². The number of aromatic nitrogens is 5. The molecule has 0 aliphatic rings. The van der Waals surface area contributed by atoms with Gasteiger partial charge >= 0.3 is 0 Å². The van der Waals surface area contributed by atoms with Gasteiger partial charge in [-0.25, -0.2) is 28.7 Å². The lowest BCUT2D eigenvalue weighted by Gasteiger charge is -2.06. The molecule has 2 amide bonds. The van der Waals surface area contributed by atoms with Gasteiger partial charge in [-0.05, 0) is 37.3 Å². The van der Waals surface area contributed by atoms with Crippen molar-refractivity contribution >= 4 is 29.0 Å². The van der Waals surface area contributed by atoms with Gasteiger partial charge in [-0.15, -0.1) is 0 Å². The molecule has 5 aromatic rings. The van der Waals surface area contributed by atoms with E-state index in [0.717, 1.165) is 12.3 Å². The molecule has 10 nitrogen and oxygen atoms in total. The third-order valence-electron chi connectivity index (χ3n) is 5.14. The molecule has 4 heterocycles. The molecule has 5 rings (SSSR count). The van der Waals surface area contributed by atoms with Crippen LogP contribution in [-0.2, 0) is 0 Å². The van der Waals surface area contributed by atoms with E-state index in [1.165, 1.54) is 41.1 Å². The number of carbonyl (C=O) groups is 2. The second-order valence-electron chi connectivity index (χ2n) is 7.79. The summed E-state index contributed by atoms with van der Waals surface area (Å²) in [5, 5.41) is 5.28. The fourth-order valence-electron chi connectivity index (χ4n) is 3.51. The number of imidazole rings is 1. The Kier molecular flexibility index (Phi) is 5.68. The molecule has 0 unspecified atom stereocenters. The molecule has 0 fully saturated rings. The van der Waals surface area contributed by atoms with Gasteiger partial charge in [0.15, 0.2) is 5.89 Å². The molecule has 4 aromatic heterocycles. The van der Waals surface area contributed by atoms with Gasteiger partial charge in [0.25, 0.3) is 11.8 Å². The predicted molar refractivity (Wildman–Crippen MR) is 124 cm³/mol. The second kappa shape index (κ2) is 8.98. The van der Waals surface area contributed by atoms with Gasteiger partial charge in [0.2, 0.25) is 11.5 Å². The van der Waals surface area contributed by atoms with E-state index < -0.39 is 23.4 Å². The van der Waals surface area contributed by atoms with Crippen LogP contribution in [0.4, 0.5) is 20.2 Å². The van der Waals surface area contributed by atoms with Crippen LogP contribution < -0.4 is 10.6 Å². The van der Waals surface area contributed by atoms with Gasteiger partial charge in [0.1, 0.15) is 17.3 Å². The lowest BCUT2D eigenvalue weighted by Crippen LogP contribution is -2.14. The van der Waals surface area contributed by atoms with Gasteiger partial charge in [-0.3, -0.25) is 14.0 Å². The first kappa shape index (κ1) is 22.8. The van der Waals surface area contributed by atoms with Crippen molar-refractivity contribution in [3.05, 3.63) is 89.8 Å². The summed E-state index contributed by atoms with van der Waals surface area (Å²) >= 11 is 0. The number of oxazole rings is 1. The lowest BCUT2D eigenvalue weighted by molar-refractivity contribution is 0.0992. The molecule has 180 valence electrons. The average Bonchev–Trinajstić information content (AvgIpc) is 3.42. The van der Waals surface area contributed by atoms with Crippen molar-refractivity contribution in [2.45, 2.75) is 13.8 Å². The number of pyridine rings is 1. The minimum absolute atomic E-state index is 0.0273. The number of hydrogen-bond donors (Lipinski definition) is 2. The van der Waals surface area contributed by atoms with Gasteiger partial charge in [0.05, 0.1) is 29.5 Å². The van der Waals surface area contributed by atoms with Gasteiger partial charge in [-0.2, -0.15) is 0 Å². The maximum atomic E-state index is 14.7. The molecule has 36 heavy (non-hydrogen) atoms. The maximum Gasteiger partial charge on any atom is 0.293 e. The van der Waals surface area contributed by atoms with E-state index in [1.54, 1.807) is 20.0 Å². The number of carbonyl (C=O) groups excluding carboxylic acids is 2. The highest BCUT2D eigenvalue weighted by molar-refractivity contribution is 6.03. The van der Waals surface area contributed by atoms with Crippen LogP contribution in [0.25, 0.3) is 17.0 Å². The number of nitrogens with zero attached hydrogens (tertiary/aromatic N) is 5. The summed E-state index contributed by atoms with van der Waals surface area (Å²) in [5.41, 5.74) is 1.50. The van der Waals surface area contributed by atoms with E-state index in [2.05, 4.69) is 30.6 Å². The molecule has 0 aliphatic carbocycles. The van der Waals surface area contributed by atoms with Gasteiger partial charge in [-0.1, -0.05) is 0 Å². The number of anilines is 2. The summed E-state index contributed by atoms with van der Waals surface area (Å²) in [7, 11) is 0. The zero-order valence-electron chi connectivity index (χ0n) is 18.9. The highest BCUT2D eigenvalue weighted by Crippen LogP contribution is 2.26. The van der Waals surface area contributed by atoms with Crippen LogP contribution in [0.1, 0.15) is 32.6 Å². The molecule has 12 heteroatoms. The van der Waals surface area contributed by atoms with Crippen LogP contribution in [0.5, 0.6) is 0 Å². The fraction of sp³-hybridized carbons (Fsp3) is 0.0833. The number of fused-ring (bicyclic) bond motifs is 1. The summed E-state index contributed by atoms with van der Waals surface area (Å²) in [6, 6.07) is 6.45. The fourth-order valence-corrected chi connectivity index (χ4v) is 3.51. The van der Waals surface area contributed by atoms with Crippen molar-refractivity contribution in [3.8, 4) is 11.3 Å². The molecule has 0 bridgehead atoms. The van der Waals surface area contributed by atoms with Crippen molar-refractivity contribution in [1.82, 2.24) is 24.3 Å². The first-order valence-corrected chi connectivity index (χ1v) is 10.6. The smallest absolute Gasteiger partial charge is 0.293 e. The second-order valence-corrected chi connectivity index (χ2v) is 7.79. The first-order valence-electron chi connectivity index (χ1n) is 10.6. The SMILES string of the molecule is Cc1nc(C)c(C(=O)Nc2ccc(F)c(-c3cn4cc(NC(=O)c5ccc(F)cn5)cnc4n3)c2)o1. The number of benzene rings is 1. The lowest BCUT2D eigenvalue weighted by atomic mass is 10.1. The third-order valence-corrected chi connectivity index (χ3v) is 5.14. The monoisotopic (exact) mass is 489 g/mol. The van der Waals surface area contributed by atoms with E-state index in [9.17, 15) is 18.4 Å². The largest absolute Gasteiger partial charge is 0.436 e. The molecule has 0 saturated heterocycles. The maximum absolute atomic E-state index is 14.7. The van der Waals surface area contributed by atoms with Gasteiger partial charge < -0.3 is 15.1 Å². The first-order chi connectivity index (χ1) is 17.3. The minimum Gasteiger partial charge on any atom is -0.436 e. The molecule has 0 radical (unpaired) electrons. The Morgan fingerprint density at radius 3 is 2.44 bits per heavy atom. The van der Waals surface area contributed by atoms with E-state index in [-0.39, 0.29) is 28.5 Å². The molecule has 0 saturated carbocycles. The van der Waals surface area contributed by atoms with Crippen molar-refractivity contribution in [1.29, 1.82) is 0 Å². The van der Waals surface area contributed by atoms with Crippen molar-refractivity contribution in [2.24, 2.45) is 0 Å². The van der Waals surface area contributed by atoms with E-state index >= 15 is 0 Å². The molecular formula is C24H17F2N7O3. The summed E-state index contributed by atoms with van der Waals surface area (Å²) in [6.45, 7) is 3.28. The van der Waals surface area contributed by atoms with Crippen LogP contribution in [0.15, 0.2) is 59.5 Å². The number of amides is 2. The van der Waals surface area contributed by atoms with Crippen LogP contribution in [0, 0.1) is 25.5 Å². The molecule has 0 spiro atoms. The third kappa shape index (κ3) is 4.51. The van der Waals surface area contributed by atoms with Crippen molar-refractivity contribution in [3.63, 3.8) is 0 Å². The molecule has 0 atom stereocenters. The van der Waals surface area contributed by atoms with E-state index in [0.29, 0.717) is 23.0 Å². The molecule has 2 N–H and O–H groups in total. The van der Waals surface area contributed by atoms with Crippen molar-refractivity contribution < 1.29 is 22.8 Å². The Morgan fingerprint density at radius 2 is 1.72 bits per heavy atom. The van der Waals surface area contributed by atoms with Gasteiger partial charge in [0, 0.05) is 30.6 Å². The quantitative estimate of drug-likeness (QED) is 0.379. The summed E-state index contributed by atoms with van der Waals surface area (Å²) < 4.78 is 34.5. The molecule has 0 aliphatic heterocycles. The zero-order valence-corrected chi connectivity index (χ0v) is 18.9. The number of rotatable bonds is 5. The number of halogens is 2. The van der Waals surface area contributed by atoms with Crippen LogP contribution in [0.2, 0.25) is 0 Å². The molecular weight excluding hydrogens is 472 g/mol. The number of nitrogens with one attached hydrogen (secondary N) is 2. The predicted octanol–water partition coefficient (Wildman–Crippen LogP) is 4.18. The zero-order chi connectivity index (χ0) is 25.4. The Bertz CT molecular complexity index is 1630. The normalized spacial score (nSPS) is 11.0. The number of hydrogen-bond acceptors (Lipinski definition) is 7. The average molecular weight is 489 g/mol. The minimum atomic E-state index is -0.556. The standard InChI is InChI=1S/C24H17F2N7O3/c1-12-21(36-13(2)29-12)23(35)30-15-4-5-18(26)17(7-15)20-11-33-10-16(9-28-24(33)32-20)31-22(34)19-6-3-14(25)8-27-19/h3-11H,1-2H3,(H,30,35)(H,31,34). The van der Waals surface area contributed by atoms with E-state index in [1.807, 2.05) is 0 Å². The van der Waals surface area contributed by atoms with Crippen molar-refractivity contribution in [2.75, 3.05) is 10.6 Å². The van der Waals surface area contributed by atoms with Crippen LogP contribution >= 0.6 is 0 Å². The number of aryl methyl sites for hydroxylation is 2. The Labute approximate surface area is 202 Å². The highest BCUT2D eigenvalue weighted by Gasteiger charge is 2.18. The van der Waals surface area contributed by atoms with Crippen LogP contribution in [-0.4, -0.2) is 36.2 Å². The Balaban J connectivity index is 1.39. The topological polar surface area (TPSA) is 127 Å². The Morgan fingerprint density at radius 1 is 0.917 bits per heavy atom. The summed E-state index contributed by atoms with van der Waals surface area (Å²) in [4.78, 5) is 41.2. The van der Waals surface area contributed by atoms with Crippen LogP contribution in [0.3, 0.4) is 0 Å². The Hall–Kier alpha value is -5.00. The molecule has 1 aromatic carbocycles.